The smallest absolute Gasteiger partial charge is 0.303 e. The fourth-order valence-corrected chi connectivity index (χ4v) is 3.05. The van der Waals surface area contributed by atoms with Crippen LogP contribution in [0.2, 0.25) is 0 Å². The first-order chi connectivity index (χ1) is 13.1. The normalized spacial score (nSPS) is 18.8. The van der Waals surface area contributed by atoms with E-state index in [1.807, 2.05) is 12.1 Å². The van der Waals surface area contributed by atoms with Crippen LogP contribution in [0, 0.1) is 11.8 Å². The fraction of sp³-hybridized carbons (Fsp3) is 0.524. The molecule has 2 N–H and O–H groups in total. The van der Waals surface area contributed by atoms with Crippen molar-refractivity contribution >= 4 is 11.9 Å². The van der Waals surface area contributed by atoms with E-state index in [9.17, 15) is 14.7 Å². The van der Waals surface area contributed by atoms with Gasteiger partial charge in [0.2, 0.25) is 5.91 Å². The zero-order valence-electron chi connectivity index (χ0n) is 15.5. The summed E-state index contributed by atoms with van der Waals surface area (Å²) in [5.74, 6) is 5.20. The second-order valence-corrected chi connectivity index (χ2v) is 6.72. The highest BCUT2D eigenvalue weighted by Gasteiger charge is 2.23. The van der Waals surface area contributed by atoms with E-state index < -0.39 is 12.1 Å². The van der Waals surface area contributed by atoms with Crippen molar-refractivity contribution in [1.82, 2.24) is 4.90 Å². The zero-order chi connectivity index (χ0) is 19.5. The highest BCUT2D eigenvalue weighted by atomic mass is 16.4. The number of hydrogen-bond acceptors (Lipinski definition) is 4. The van der Waals surface area contributed by atoms with Crippen molar-refractivity contribution in [3.8, 4) is 11.8 Å². The maximum atomic E-state index is 12.4. The van der Waals surface area contributed by atoms with E-state index in [0.717, 1.165) is 24.8 Å². The van der Waals surface area contributed by atoms with Gasteiger partial charge in [-0.2, -0.15) is 0 Å². The van der Waals surface area contributed by atoms with Crippen LogP contribution in [-0.4, -0.2) is 45.7 Å². The molecule has 1 saturated heterocycles. The molecule has 0 bridgehead atoms. The number of carboxylic acids is 1. The summed E-state index contributed by atoms with van der Waals surface area (Å²) in [5, 5.41) is 18.8. The number of aliphatic hydroxyl groups is 1. The van der Waals surface area contributed by atoms with Gasteiger partial charge in [-0.3, -0.25) is 9.59 Å². The second kappa shape index (κ2) is 11.2. The first-order valence-corrected chi connectivity index (χ1v) is 9.40. The molecule has 0 aliphatic carbocycles. The van der Waals surface area contributed by atoms with Crippen molar-refractivity contribution in [2.45, 2.75) is 63.5 Å². The van der Waals surface area contributed by atoms with Crippen LogP contribution in [0.5, 0.6) is 0 Å². The van der Waals surface area contributed by atoms with Gasteiger partial charge in [0.25, 0.3) is 0 Å². The first-order valence-electron chi connectivity index (χ1n) is 9.40. The Kier molecular flexibility index (Phi) is 8.66. The van der Waals surface area contributed by atoms with Gasteiger partial charge in [0, 0.05) is 25.7 Å². The molecule has 1 amide bonds. The molecule has 0 saturated carbocycles. The Labute approximate surface area is 159 Å². The van der Waals surface area contributed by atoms with Gasteiger partial charge < -0.3 is 19.5 Å². The minimum Gasteiger partial charge on any atom is -0.481 e. The van der Waals surface area contributed by atoms with E-state index in [2.05, 4.69) is 11.8 Å². The molecule has 1 aromatic rings. The van der Waals surface area contributed by atoms with Gasteiger partial charge in [0.15, 0.2) is 0 Å². The van der Waals surface area contributed by atoms with Crippen LogP contribution >= 0.6 is 0 Å². The first kappa shape index (κ1) is 20.8. The van der Waals surface area contributed by atoms with Gasteiger partial charge in [-0.25, -0.2) is 0 Å². The molecule has 0 radical (unpaired) electrons. The molecule has 6 heteroatoms. The summed E-state index contributed by atoms with van der Waals surface area (Å²) in [6, 6.07) is 1.74. The SMILES string of the molecule is O=C(O)CCCC#CCN1C(=O)CCCC[C@@H]1C=CC(O)Cc1ccoc1. The number of furan rings is 1. The van der Waals surface area contributed by atoms with Crippen molar-refractivity contribution in [3.63, 3.8) is 0 Å². The molecule has 27 heavy (non-hydrogen) atoms. The number of carboxylic acid groups (broad SMARTS) is 1. The number of rotatable bonds is 8. The standard InChI is InChI=1S/C21H27NO5/c23-19(15-17-12-14-27-16-17)11-10-18-7-4-5-8-20(24)22(18)13-6-2-1-3-9-21(25)26/h10-12,14,16,18-19,23H,1,3-5,7-9,13,15H2,(H,25,26)/t18-,19?/m1/s1. The summed E-state index contributed by atoms with van der Waals surface area (Å²) in [5.41, 5.74) is 0.924. The molecule has 6 nitrogen and oxygen atoms in total. The monoisotopic (exact) mass is 373 g/mol. The van der Waals surface area contributed by atoms with Crippen molar-refractivity contribution in [2.24, 2.45) is 0 Å². The predicted molar refractivity (Wildman–Crippen MR) is 101 cm³/mol. The number of amides is 1. The average Bonchev–Trinajstić information content (AvgIpc) is 3.07. The van der Waals surface area contributed by atoms with Gasteiger partial charge in [0.05, 0.1) is 31.2 Å². The van der Waals surface area contributed by atoms with Crippen LogP contribution in [0.3, 0.4) is 0 Å². The van der Waals surface area contributed by atoms with Crippen LogP contribution < -0.4 is 0 Å². The third-order valence-electron chi connectivity index (χ3n) is 4.51. The Balaban J connectivity index is 1.92. The van der Waals surface area contributed by atoms with Crippen LogP contribution in [0.4, 0.5) is 0 Å². The Morgan fingerprint density at radius 2 is 2.26 bits per heavy atom. The van der Waals surface area contributed by atoms with Crippen LogP contribution in [-0.2, 0) is 16.0 Å². The lowest BCUT2D eigenvalue weighted by Gasteiger charge is -2.26. The van der Waals surface area contributed by atoms with Gasteiger partial charge in [-0.15, -0.1) is 5.92 Å². The maximum Gasteiger partial charge on any atom is 0.303 e. The number of carbonyl (C=O) groups is 2. The summed E-state index contributed by atoms with van der Waals surface area (Å²) >= 11 is 0. The molecule has 1 fully saturated rings. The van der Waals surface area contributed by atoms with Crippen molar-refractivity contribution in [1.29, 1.82) is 0 Å². The Bertz CT molecular complexity index is 683. The summed E-state index contributed by atoms with van der Waals surface area (Å²) in [6.45, 7) is 0.332. The fourth-order valence-electron chi connectivity index (χ4n) is 3.05. The molecule has 1 aliphatic rings. The Hall–Kier alpha value is -2.52. The Morgan fingerprint density at radius 1 is 1.41 bits per heavy atom. The lowest BCUT2D eigenvalue weighted by atomic mass is 10.1. The van der Waals surface area contributed by atoms with Crippen LogP contribution in [0.25, 0.3) is 0 Å². The summed E-state index contributed by atoms with van der Waals surface area (Å²) in [6.07, 6.45) is 11.0. The van der Waals surface area contributed by atoms with E-state index in [1.54, 1.807) is 23.5 Å². The molecule has 0 aromatic carbocycles. The highest BCUT2D eigenvalue weighted by Crippen LogP contribution is 2.19. The lowest BCUT2D eigenvalue weighted by molar-refractivity contribution is -0.137. The number of hydrogen-bond donors (Lipinski definition) is 2. The molecular weight excluding hydrogens is 346 g/mol. The molecule has 2 atom stereocenters. The maximum absolute atomic E-state index is 12.4. The summed E-state index contributed by atoms with van der Waals surface area (Å²) in [4.78, 5) is 24.7. The van der Waals surface area contributed by atoms with E-state index in [-0.39, 0.29) is 18.4 Å². The van der Waals surface area contributed by atoms with Gasteiger partial charge >= 0.3 is 5.97 Å². The molecule has 2 heterocycles. The van der Waals surface area contributed by atoms with Crippen LogP contribution in [0.15, 0.2) is 35.2 Å². The number of aliphatic carboxylic acids is 1. The average molecular weight is 373 g/mol. The largest absolute Gasteiger partial charge is 0.481 e. The minimum absolute atomic E-state index is 0.0753. The zero-order valence-corrected chi connectivity index (χ0v) is 15.5. The minimum atomic E-state index is -0.821. The Morgan fingerprint density at radius 3 is 3.00 bits per heavy atom. The third kappa shape index (κ3) is 7.71. The van der Waals surface area contributed by atoms with E-state index >= 15 is 0 Å². The van der Waals surface area contributed by atoms with Gasteiger partial charge in [-0.1, -0.05) is 24.5 Å². The lowest BCUT2D eigenvalue weighted by Crippen LogP contribution is -2.38. The molecule has 2 rings (SSSR count). The molecule has 1 aromatic heterocycles. The second-order valence-electron chi connectivity index (χ2n) is 6.72. The number of likely N-dealkylation sites (tertiary alicyclic amines) is 1. The molecular formula is C21H27NO5. The van der Waals surface area contributed by atoms with E-state index in [0.29, 0.717) is 32.2 Å². The number of nitrogens with zero attached hydrogens (tertiary/aromatic N) is 1. The summed E-state index contributed by atoms with van der Waals surface area (Å²) < 4.78 is 5.01. The highest BCUT2D eigenvalue weighted by molar-refractivity contribution is 5.77. The van der Waals surface area contributed by atoms with Crippen molar-refractivity contribution in [2.75, 3.05) is 6.54 Å². The summed E-state index contributed by atoms with van der Waals surface area (Å²) in [7, 11) is 0. The molecule has 1 aliphatic heterocycles. The quantitative estimate of drug-likeness (QED) is 0.415. The molecule has 0 spiro atoms. The topological polar surface area (TPSA) is 91.0 Å². The number of aliphatic hydroxyl groups excluding tert-OH is 1. The van der Waals surface area contributed by atoms with E-state index in [1.165, 1.54) is 0 Å². The predicted octanol–water partition coefficient (Wildman–Crippen LogP) is 2.77. The number of unbranched alkanes of at least 4 members (excludes halogenated alkanes) is 1. The van der Waals surface area contributed by atoms with E-state index in [4.69, 9.17) is 9.52 Å². The molecule has 1 unspecified atom stereocenters. The van der Waals surface area contributed by atoms with Gasteiger partial charge in [0.1, 0.15) is 0 Å². The molecule has 146 valence electrons. The van der Waals surface area contributed by atoms with Crippen molar-refractivity contribution < 1.29 is 24.2 Å². The van der Waals surface area contributed by atoms with Crippen LogP contribution in [0.1, 0.15) is 50.5 Å². The van der Waals surface area contributed by atoms with Gasteiger partial charge in [-0.05, 0) is 30.9 Å². The van der Waals surface area contributed by atoms with Crippen molar-refractivity contribution in [3.05, 3.63) is 36.3 Å². The third-order valence-corrected chi connectivity index (χ3v) is 4.51. The number of carbonyl (C=O) groups excluding carboxylic acids is 1.